The molecule has 2 heterocycles. The van der Waals surface area contributed by atoms with Crippen LogP contribution in [0.4, 0.5) is 5.13 Å². The van der Waals surface area contributed by atoms with Crippen molar-refractivity contribution < 1.29 is 4.52 Å². The fourth-order valence-electron chi connectivity index (χ4n) is 1.03. The summed E-state index contributed by atoms with van der Waals surface area (Å²) in [5.41, 5.74) is 0.884. The van der Waals surface area contributed by atoms with Gasteiger partial charge in [-0.05, 0) is 13.8 Å². The Bertz CT molecular complexity index is 382. The molecule has 0 bridgehead atoms. The Balaban J connectivity index is 1.94. The molecule has 2 rings (SSSR count). The summed E-state index contributed by atoms with van der Waals surface area (Å²) in [4.78, 5) is 4.17. The fraction of sp³-hybridized carbons (Fsp3) is 0.375. The monoisotopic (exact) mass is 210 g/mol. The van der Waals surface area contributed by atoms with E-state index in [2.05, 4.69) is 19.8 Å². The number of nitrogens with zero attached hydrogens (tertiary/aromatic N) is 3. The Labute approximate surface area is 85.3 Å². The predicted molar refractivity (Wildman–Crippen MR) is 53.2 cm³/mol. The topological polar surface area (TPSA) is 63.8 Å². The minimum absolute atomic E-state index is 0.593. The number of aryl methyl sites for hydroxylation is 2. The van der Waals surface area contributed by atoms with Gasteiger partial charge in [0.05, 0.1) is 12.2 Å². The van der Waals surface area contributed by atoms with Crippen LogP contribution >= 0.6 is 11.5 Å². The van der Waals surface area contributed by atoms with Gasteiger partial charge in [-0.1, -0.05) is 5.16 Å². The van der Waals surface area contributed by atoms with Crippen molar-refractivity contribution in [2.45, 2.75) is 20.4 Å². The zero-order valence-corrected chi connectivity index (χ0v) is 8.76. The lowest BCUT2D eigenvalue weighted by molar-refractivity contribution is 0.384. The normalized spacial score (nSPS) is 10.4. The highest BCUT2D eigenvalue weighted by atomic mass is 32.1. The van der Waals surface area contributed by atoms with Gasteiger partial charge in [0.2, 0.25) is 5.13 Å². The number of aromatic nitrogens is 3. The van der Waals surface area contributed by atoms with Crippen LogP contribution in [0.3, 0.4) is 0 Å². The van der Waals surface area contributed by atoms with Crippen LogP contribution in [-0.2, 0) is 6.54 Å². The summed E-state index contributed by atoms with van der Waals surface area (Å²) in [5, 5.41) is 7.70. The molecule has 5 nitrogen and oxygen atoms in total. The van der Waals surface area contributed by atoms with Gasteiger partial charge in [-0.2, -0.15) is 4.37 Å². The molecule has 0 aliphatic carbocycles. The smallest absolute Gasteiger partial charge is 0.202 e. The van der Waals surface area contributed by atoms with E-state index in [-0.39, 0.29) is 0 Å². The van der Waals surface area contributed by atoms with Gasteiger partial charge in [-0.25, -0.2) is 4.98 Å². The second-order valence-electron chi connectivity index (χ2n) is 2.93. The summed E-state index contributed by atoms with van der Waals surface area (Å²) in [6, 6.07) is 1.89. The summed E-state index contributed by atoms with van der Waals surface area (Å²) >= 11 is 1.34. The van der Waals surface area contributed by atoms with Gasteiger partial charge in [0.25, 0.3) is 0 Å². The SMILES string of the molecule is Cc1cc(CNc2nc(C)ns2)on1. The maximum atomic E-state index is 5.04. The maximum absolute atomic E-state index is 5.04. The molecular weight excluding hydrogens is 200 g/mol. The molecule has 6 heteroatoms. The Morgan fingerprint density at radius 3 is 2.93 bits per heavy atom. The summed E-state index contributed by atoms with van der Waals surface area (Å²) < 4.78 is 9.09. The molecule has 0 unspecified atom stereocenters. The first-order valence-electron chi connectivity index (χ1n) is 4.20. The molecule has 1 N–H and O–H groups in total. The highest BCUT2D eigenvalue weighted by molar-refractivity contribution is 7.09. The largest absolute Gasteiger partial charge is 0.359 e. The van der Waals surface area contributed by atoms with Crippen LogP contribution in [0.2, 0.25) is 0 Å². The number of hydrogen-bond acceptors (Lipinski definition) is 6. The van der Waals surface area contributed by atoms with Gasteiger partial charge in [-0.3, -0.25) is 0 Å². The second-order valence-corrected chi connectivity index (χ2v) is 3.69. The molecule has 2 aromatic rings. The Morgan fingerprint density at radius 2 is 2.36 bits per heavy atom. The van der Waals surface area contributed by atoms with E-state index in [0.29, 0.717) is 6.54 Å². The van der Waals surface area contributed by atoms with Crippen LogP contribution in [0.25, 0.3) is 0 Å². The van der Waals surface area contributed by atoms with Crippen LogP contribution in [-0.4, -0.2) is 14.5 Å². The Morgan fingerprint density at radius 1 is 1.50 bits per heavy atom. The molecule has 0 aliphatic rings. The minimum atomic E-state index is 0.593. The first-order valence-corrected chi connectivity index (χ1v) is 4.98. The summed E-state index contributed by atoms with van der Waals surface area (Å²) in [6.45, 7) is 4.35. The highest BCUT2D eigenvalue weighted by Crippen LogP contribution is 2.12. The van der Waals surface area contributed by atoms with Crippen LogP contribution in [0.15, 0.2) is 10.6 Å². The van der Waals surface area contributed by atoms with Gasteiger partial charge in [0.15, 0.2) is 5.76 Å². The predicted octanol–water partition coefficient (Wildman–Crippen LogP) is 1.76. The molecule has 0 radical (unpaired) electrons. The Hall–Kier alpha value is -1.43. The molecule has 0 aromatic carbocycles. The number of hydrogen-bond donors (Lipinski definition) is 1. The van der Waals surface area contributed by atoms with Gasteiger partial charge < -0.3 is 9.84 Å². The van der Waals surface area contributed by atoms with Crippen molar-refractivity contribution in [1.29, 1.82) is 0 Å². The standard InChI is InChI=1S/C8H10N4OS/c1-5-3-7(13-11-5)4-9-8-10-6(2)12-14-8/h3H,4H2,1-2H3,(H,9,10,12). The van der Waals surface area contributed by atoms with E-state index in [0.717, 1.165) is 22.4 Å². The van der Waals surface area contributed by atoms with Gasteiger partial charge >= 0.3 is 0 Å². The summed E-state index contributed by atoms with van der Waals surface area (Å²) in [7, 11) is 0. The highest BCUT2D eigenvalue weighted by Gasteiger charge is 2.02. The van der Waals surface area contributed by atoms with Crippen molar-refractivity contribution in [2.75, 3.05) is 5.32 Å². The quantitative estimate of drug-likeness (QED) is 0.836. The van der Waals surface area contributed by atoms with Crippen molar-refractivity contribution in [2.24, 2.45) is 0 Å². The maximum Gasteiger partial charge on any atom is 0.202 e. The summed E-state index contributed by atoms with van der Waals surface area (Å²) in [5.74, 6) is 1.58. The van der Waals surface area contributed by atoms with Crippen molar-refractivity contribution in [3.8, 4) is 0 Å². The minimum Gasteiger partial charge on any atom is -0.359 e. The lowest BCUT2D eigenvalue weighted by Gasteiger charge is -1.95. The van der Waals surface area contributed by atoms with E-state index in [9.17, 15) is 0 Å². The van der Waals surface area contributed by atoms with E-state index >= 15 is 0 Å². The van der Waals surface area contributed by atoms with Crippen LogP contribution < -0.4 is 5.32 Å². The zero-order valence-electron chi connectivity index (χ0n) is 7.94. The molecular formula is C8H10N4OS. The molecule has 0 aliphatic heterocycles. The summed E-state index contributed by atoms with van der Waals surface area (Å²) in [6.07, 6.45) is 0. The van der Waals surface area contributed by atoms with Crippen molar-refractivity contribution in [3.05, 3.63) is 23.3 Å². The molecule has 0 saturated heterocycles. The third-order valence-corrected chi connectivity index (χ3v) is 2.38. The van der Waals surface area contributed by atoms with Gasteiger partial charge in [-0.15, -0.1) is 0 Å². The fourth-order valence-corrected chi connectivity index (χ4v) is 1.60. The van der Waals surface area contributed by atoms with Gasteiger partial charge in [0.1, 0.15) is 5.82 Å². The zero-order chi connectivity index (χ0) is 9.97. The van der Waals surface area contributed by atoms with Crippen LogP contribution in [0.5, 0.6) is 0 Å². The van der Waals surface area contributed by atoms with Crippen molar-refractivity contribution in [1.82, 2.24) is 14.5 Å². The third-order valence-electron chi connectivity index (χ3n) is 1.62. The van der Waals surface area contributed by atoms with E-state index < -0.39 is 0 Å². The number of anilines is 1. The molecule has 0 fully saturated rings. The molecule has 0 spiro atoms. The molecule has 0 amide bonds. The molecule has 0 atom stereocenters. The van der Waals surface area contributed by atoms with E-state index in [1.54, 1.807) is 0 Å². The molecule has 14 heavy (non-hydrogen) atoms. The van der Waals surface area contributed by atoms with Crippen molar-refractivity contribution in [3.63, 3.8) is 0 Å². The second kappa shape index (κ2) is 3.75. The lowest BCUT2D eigenvalue weighted by atomic mass is 10.4. The van der Waals surface area contributed by atoms with E-state index in [1.165, 1.54) is 11.5 Å². The molecule has 0 saturated carbocycles. The van der Waals surface area contributed by atoms with E-state index in [4.69, 9.17) is 4.52 Å². The number of rotatable bonds is 3. The van der Waals surface area contributed by atoms with Gasteiger partial charge in [0, 0.05) is 17.6 Å². The average molecular weight is 210 g/mol. The van der Waals surface area contributed by atoms with E-state index in [1.807, 2.05) is 19.9 Å². The lowest BCUT2D eigenvalue weighted by Crippen LogP contribution is -1.97. The Kier molecular flexibility index (Phi) is 2.45. The number of nitrogens with one attached hydrogen (secondary N) is 1. The average Bonchev–Trinajstić information content (AvgIpc) is 2.72. The van der Waals surface area contributed by atoms with Crippen LogP contribution in [0, 0.1) is 13.8 Å². The third kappa shape index (κ3) is 2.08. The first kappa shape index (κ1) is 9.14. The molecule has 2 aromatic heterocycles. The van der Waals surface area contributed by atoms with Crippen LogP contribution in [0.1, 0.15) is 17.3 Å². The van der Waals surface area contributed by atoms with Crippen molar-refractivity contribution >= 4 is 16.7 Å². The molecule has 74 valence electrons. The first-order chi connectivity index (χ1) is 6.74.